The maximum absolute atomic E-state index is 12.9. The van der Waals surface area contributed by atoms with E-state index >= 15 is 0 Å². The number of benzene rings is 1. The molecular weight excluding hydrogens is 301 g/mol. The van der Waals surface area contributed by atoms with Crippen molar-refractivity contribution in [2.45, 2.75) is 18.9 Å². The van der Waals surface area contributed by atoms with Crippen molar-refractivity contribution >= 4 is 27.3 Å². The van der Waals surface area contributed by atoms with Crippen molar-refractivity contribution in [3.05, 3.63) is 56.4 Å². The molecule has 0 aliphatic carbocycles. The van der Waals surface area contributed by atoms with Crippen molar-refractivity contribution in [3.63, 3.8) is 0 Å². The zero-order chi connectivity index (χ0) is 12.3. The fourth-order valence-electron chi connectivity index (χ4n) is 1.73. The van der Waals surface area contributed by atoms with Crippen molar-refractivity contribution in [1.29, 1.82) is 0 Å². The third-order valence-electron chi connectivity index (χ3n) is 2.54. The molecule has 90 valence electrons. The first-order valence-electron chi connectivity index (χ1n) is 5.37. The Morgan fingerprint density at radius 3 is 2.76 bits per heavy atom. The first-order valence-corrected chi connectivity index (χ1v) is 7.04. The molecule has 0 saturated carbocycles. The van der Waals surface area contributed by atoms with Gasteiger partial charge in [0.1, 0.15) is 5.82 Å². The van der Waals surface area contributed by atoms with Crippen LogP contribution in [0.15, 0.2) is 40.2 Å². The Morgan fingerprint density at radius 2 is 2.12 bits per heavy atom. The third-order valence-corrected chi connectivity index (χ3v) is 4.18. The molecule has 1 aromatic heterocycles. The Bertz CT molecular complexity index is 484. The van der Waals surface area contributed by atoms with Gasteiger partial charge in [-0.1, -0.05) is 28.1 Å². The van der Waals surface area contributed by atoms with Gasteiger partial charge in [-0.25, -0.2) is 4.39 Å². The van der Waals surface area contributed by atoms with Crippen LogP contribution in [0, 0.1) is 5.82 Å². The summed E-state index contributed by atoms with van der Waals surface area (Å²) in [7, 11) is 0. The van der Waals surface area contributed by atoms with Gasteiger partial charge in [-0.15, -0.1) is 11.3 Å². The molecule has 17 heavy (non-hydrogen) atoms. The SMILES string of the molecule is NC(Cc1cccs1)Cc1ccc(F)cc1Br. The summed E-state index contributed by atoms with van der Waals surface area (Å²) in [6.45, 7) is 0. The Kier molecular flexibility index (Phi) is 4.31. The summed E-state index contributed by atoms with van der Waals surface area (Å²) in [6.07, 6.45) is 1.61. The average molecular weight is 314 g/mol. The Labute approximate surface area is 113 Å². The summed E-state index contributed by atoms with van der Waals surface area (Å²) in [6, 6.07) is 8.92. The highest BCUT2D eigenvalue weighted by atomic mass is 79.9. The normalized spacial score (nSPS) is 12.6. The van der Waals surface area contributed by atoms with E-state index < -0.39 is 0 Å². The van der Waals surface area contributed by atoms with Gasteiger partial charge in [0.2, 0.25) is 0 Å². The molecule has 4 heteroatoms. The Morgan fingerprint density at radius 1 is 1.29 bits per heavy atom. The summed E-state index contributed by atoms with van der Waals surface area (Å²) in [5, 5.41) is 2.05. The molecule has 0 radical (unpaired) electrons. The fourth-order valence-corrected chi connectivity index (χ4v) is 3.04. The largest absolute Gasteiger partial charge is 0.327 e. The quantitative estimate of drug-likeness (QED) is 0.913. The van der Waals surface area contributed by atoms with E-state index in [1.165, 1.54) is 17.0 Å². The lowest BCUT2D eigenvalue weighted by molar-refractivity contribution is 0.622. The van der Waals surface area contributed by atoms with Gasteiger partial charge in [-0.05, 0) is 42.0 Å². The molecule has 0 bridgehead atoms. The minimum atomic E-state index is -0.229. The topological polar surface area (TPSA) is 26.0 Å². The number of hydrogen-bond acceptors (Lipinski definition) is 2. The number of nitrogens with two attached hydrogens (primary N) is 1. The van der Waals surface area contributed by atoms with Crippen LogP contribution in [0.25, 0.3) is 0 Å². The second-order valence-corrected chi connectivity index (χ2v) is 5.87. The molecule has 1 atom stereocenters. The first kappa shape index (κ1) is 12.7. The van der Waals surface area contributed by atoms with Crippen molar-refractivity contribution in [3.8, 4) is 0 Å². The second-order valence-electron chi connectivity index (χ2n) is 3.98. The van der Waals surface area contributed by atoms with E-state index in [-0.39, 0.29) is 11.9 Å². The molecule has 0 fully saturated rings. The fraction of sp³-hybridized carbons (Fsp3) is 0.231. The van der Waals surface area contributed by atoms with Crippen LogP contribution in [0.5, 0.6) is 0 Å². The van der Waals surface area contributed by atoms with Gasteiger partial charge >= 0.3 is 0 Å². The molecule has 0 aliphatic rings. The average Bonchev–Trinajstić information content (AvgIpc) is 2.75. The standard InChI is InChI=1S/C13H13BrFNS/c14-13-7-10(15)4-3-9(13)6-11(16)8-12-2-1-5-17-12/h1-5,7,11H,6,8,16H2. The number of thiophene rings is 1. The molecule has 1 unspecified atom stereocenters. The van der Waals surface area contributed by atoms with E-state index in [2.05, 4.69) is 27.4 Å². The Hall–Kier alpha value is -0.710. The van der Waals surface area contributed by atoms with E-state index in [0.717, 1.165) is 22.9 Å². The summed E-state index contributed by atoms with van der Waals surface area (Å²) in [5.41, 5.74) is 7.15. The van der Waals surface area contributed by atoms with Gasteiger partial charge in [0.05, 0.1) is 0 Å². The molecule has 0 spiro atoms. The first-order chi connectivity index (χ1) is 8.15. The maximum atomic E-state index is 12.9. The highest BCUT2D eigenvalue weighted by Gasteiger charge is 2.09. The minimum absolute atomic E-state index is 0.0652. The highest BCUT2D eigenvalue weighted by molar-refractivity contribution is 9.10. The lowest BCUT2D eigenvalue weighted by atomic mass is 10.0. The van der Waals surface area contributed by atoms with Crippen LogP contribution in [0.2, 0.25) is 0 Å². The summed E-state index contributed by atoms with van der Waals surface area (Å²) in [5.74, 6) is -0.229. The molecule has 0 amide bonds. The van der Waals surface area contributed by atoms with Crippen LogP contribution in [0.1, 0.15) is 10.4 Å². The van der Waals surface area contributed by atoms with Gasteiger partial charge < -0.3 is 5.73 Å². The summed E-state index contributed by atoms with van der Waals surface area (Å²) >= 11 is 5.08. The van der Waals surface area contributed by atoms with Crippen molar-refractivity contribution in [1.82, 2.24) is 0 Å². The molecule has 0 saturated heterocycles. The van der Waals surface area contributed by atoms with Gasteiger partial charge in [0, 0.05) is 15.4 Å². The predicted octanol–water partition coefficient (Wildman–Crippen LogP) is 3.76. The van der Waals surface area contributed by atoms with Gasteiger partial charge in [-0.3, -0.25) is 0 Å². The van der Waals surface area contributed by atoms with Crippen LogP contribution in [-0.4, -0.2) is 6.04 Å². The van der Waals surface area contributed by atoms with Gasteiger partial charge in [-0.2, -0.15) is 0 Å². The van der Waals surface area contributed by atoms with Crippen LogP contribution < -0.4 is 5.73 Å². The number of hydrogen-bond donors (Lipinski definition) is 1. The van der Waals surface area contributed by atoms with Crippen LogP contribution in [0.4, 0.5) is 4.39 Å². The van der Waals surface area contributed by atoms with Crippen LogP contribution in [0.3, 0.4) is 0 Å². The lowest BCUT2D eigenvalue weighted by Crippen LogP contribution is -2.25. The molecule has 0 aliphatic heterocycles. The van der Waals surface area contributed by atoms with E-state index in [4.69, 9.17) is 5.73 Å². The summed E-state index contributed by atoms with van der Waals surface area (Å²) < 4.78 is 13.7. The maximum Gasteiger partial charge on any atom is 0.124 e. The van der Waals surface area contributed by atoms with Crippen LogP contribution >= 0.6 is 27.3 Å². The molecule has 1 nitrogen and oxygen atoms in total. The molecule has 2 N–H and O–H groups in total. The van der Waals surface area contributed by atoms with Crippen molar-refractivity contribution in [2.75, 3.05) is 0 Å². The predicted molar refractivity (Wildman–Crippen MR) is 73.8 cm³/mol. The zero-order valence-electron chi connectivity index (χ0n) is 9.20. The second kappa shape index (κ2) is 5.76. The Balaban J connectivity index is 2.00. The molecule has 2 rings (SSSR count). The van der Waals surface area contributed by atoms with Crippen molar-refractivity contribution < 1.29 is 4.39 Å². The minimum Gasteiger partial charge on any atom is -0.327 e. The monoisotopic (exact) mass is 313 g/mol. The molecular formula is C13H13BrFNS. The van der Waals surface area contributed by atoms with E-state index in [0.29, 0.717) is 0 Å². The molecule has 1 aromatic carbocycles. The number of halogens is 2. The number of rotatable bonds is 4. The van der Waals surface area contributed by atoms with Crippen LogP contribution in [-0.2, 0) is 12.8 Å². The van der Waals surface area contributed by atoms with E-state index in [1.54, 1.807) is 17.4 Å². The lowest BCUT2D eigenvalue weighted by Gasteiger charge is -2.11. The van der Waals surface area contributed by atoms with E-state index in [9.17, 15) is 4.39 Å². The molecule has 2 aromatic rings. The van der Waals surface area contributed by atoms with Crippen molar-refractivity contribution in [2.24, 2.45) is 5.73 Å². The zero-order valence-corrected chi connectivity index (χ0v) is 11.6. The molecule has 1 heterocycles. The third kappa shape index (κ3) is 3.63. The van der Waals surface area contributed by atoms with Gasteiger partial charge in [0.25, 0.3) is 0 Å². The smallest absolute Gasteiger partial charge is 0.124 e. The van der Waals surface area contributed by atoms with Gasteiger partial charge in [0.15, 0.2) is 0 Å². The highest BCUT2D eigenvalue weighted by Crippen LogP contribution is 2.20. The van der Waals surface area contributed by atoms with E-state index in [1.807, 2.05) is 6.07 Å². The summed E-state index contributed by atoms with van der Waals surface area (Å²) in [4.78, 5) is 1.29.